The molecular formula is C17H19ClN2O. The smallest absolute Gasteiger partial charge is 0.251 e. The Kier molecular flexibility index (Phi) is 5.37. The molecule has 2 rings (SSSR count). The van der Waals surface area contributed by atoms with Crippen LogP contribution in [0.3, 0.4) is 0 Å². The maximum Gasteiger partial charge on any atom is 0.251 e. The molecule has 4 heteroatoms. The molecule has 2 aromatic carbocycles. The second-order valence-electron chi connectivity index (χ2n) is 5.20. The zero-order valence-electron chi connectivity index (χ0n) is 12.3. The molecule has 1 N–H and O–H groups in total. The van der Waals surface area contributed by atoms with Crippen molar-refractivity contribution in [3.05, 3.63) is 70.2 Å². The van der Waals surface area contributed by atoms with Gasteiger partial charge in [-0.3, -0.25) is 4.79 Å². The second-order valence-corrected chi connectivity index (χ2v) is 5.63. The van der Waals surface area contributed by atoms with E-state index in [1.807, 2.05) is 32.3 Å². The first-order valence-electron chi connectivity index (χ1n) is 6.81. The SMILES string of the molecule is CN(C)Cc1ccccc1CNC(=O)c1ccc(Cl)cc1. The van der Waals surface area contributed by atoms with E-state index in [0.717, 1.165) is 12.1 Å². The lowest BCUT2D eigenvalue weighted by Crippen LogP contribution is -2.24. The molecule has 0 fully saturated rings. The Bertz CT molecular complexity index is 608. The summed E-state index contributed by atoms with van der Waals surface area (Å²) in [6, 6.07) is 15.0. The summed E-state index contributed by atoms with van der Waals surface area (Å²) in [7, 11) is 4.06. The molecule has 21 heavy (non-hydrogen) atoms. The Morgan fingerprint density at radius 3 is 2.29 bits per heavy atom. The van der Waals surface area contributed by atoms with Gasteiger partial charge in [0, 0.05) is 23.7 Å². The molecule has 0 aliphatic heterocycles. The zero-order valence-corrected chi connectivity index (χ0v) is 13.0. The Labute approximate surface area is 130 Å². The topological polar surface area (TPSA) is 32.3 Å². The van der Waals surface area contributed by atoms with Crippen molar-refractivity contribution in [3.63, 3.8) is 0 Å². The highest BCUT2D eigenvalue weighted by Gasteiger charge is 2.07. The van der Waals surface area contributed by atoms with Gasteiger partial charge >= 0.3 is 0 Å². The van der Waals surface area contributed by atoms with Crippen LogP contribution < -0.4 is 5.32 Å². The first-order chi connectivity index (χ1) is 10.1. The summed E-state index contributed by atoms with van der Waals surface area (Å²) in [6.45, 7) is 1.37. The van der Waals surface area contributed by atoms with Crippen LogP contribution in [0.5, 0.6) is 0 Å². The van der Waals surface area contributed by atoms with E-state index >= 15 is 0 Å². The minimum atomic E-state index is -0.0914. The van der Waals surface area contributed by atoms with Gasteiger partial charge in [-0.05, 0) is 49.5 Å². The number of amides is 1. The van der Waals surface area contributed by atoms with E-state index in [9.17, 15) is 4.79 Å². The van der Waals surface area contributed by atoms with Gasteiger partial charge in [-0.25, -0.2) is 0 Å². The van der Waals surface area contributed by atoms with E-state index in [1.54, 1.807) is 24.3 Å². The number of benzene rings is 2. The lowest BCUT2D eigenvalue weighted by atomic mass is 10.1. The quantitative estimate of drug-likeness (QED) is 0.919. The number of carbonyl (C=O) groups excluding carboxylic acids is 1. The fourth-order valence-electron chi connectivity index (χ4n) is 2.10. The summed E-state index contributed by atoms with van der Waals surface area (Å²) in [5, 5.41) is 3.58. The van der Waals surface area contributed by atoms with Crippen molar-refractivity contribution in [3.8, 4) is 0 Å². The zero-order chi connectivity index (χ0) is 15.2. The highest BCUT2D eigenvalue weighted by atomic mass is 35.5. The molecule has 0 heterocycles. The van der Waals surface area contributed by atoms with Crippen LogP contribution in [0, 0.1) is 0 Å². The summed E-state index contributed by atoms with van der Waals surface area (Å²) in [4.78, 5) is 14.2. The van der Waals surface area contributed by atoms with E-state index in [-0.39, 0.29) is 5.91 Å². The summed E-state index contributed by atoms with van der Waals surface area (Å²) in [5.41, 5.74) is 2.97. The largest absolute Gasteiger partial charge is 0.348 e. The van der Waals surface area contributed by atoms with Gasteiger partial charge in [0.1, 0.15) is 0 Å². The van der Waals surface area contributed by atoms with Crippen molar-refractivity contribution in [1.82, 2.24) is 10.2 Å². The van der Waals surface area contributed by atoms with Crippen LogP contribution in [-0.2, 0) is 13.1 Å². The Balaban J connectivity index is 2.02. The van der Waals surface area contributed by atoms with Gasteiger partial charge in [0.2, 0.25) is 0 Å². The maximum absolute atomic E-state index is 12.1. The monoisotopic (exact) mass is 302 g/mol. The van der Waals surface area contributed by atoms with Crippen molar-refractivity contribution in [1.29, 1.82) is 0 Å². The highest BCUT2D eigenvalue weighted by molar-refractivity contribution is 6.30. The minimum absolute atomic E-state index is 0.0914. The predicted octanol–water partition coefficient (Wildman–Crippen LogP) is 3.33. The van der Waals surface area contributed by atoms with Gasteiger partial charge in [0.25, 0.3) is 5.91 Å². The fourth-order valence-corrected chi connectivity index (χ4v) is 2.23. The third-order valence-electron chi connectivity index (χ3n) is 3.15. The molecule has 3 nitrogen and oxygen atoms in total. The summed E-state index contributed by atoms with van der Waals surface area (Å²) in [5.74, 6) is -0.0914. The third-order valence-corrected chi connectivity index (χ3v) is 3.40. The van der Waals surface area contributed by atoms with Gasteiger partial charge in [-0.15, -0.1) is 0 Å². The van der Waals surface area contributed by atoms with E-state index in [1.165, 1.54) is 5.56 Å². The number of hydrogen-bond donors (Lipinski definition) is 1. The molecule has 0 aromatic heterocycles. The van der Waals surface area contributed by atoms with Crippen molar-refractivity contribution in [2.75, 3.05) is 14.1 Å². The van der Waals surface area contributed by atoms with E-state index < -0.39 is 0 Å². The number of halogens is 1. The third kappa shape index (κ3) is 4.59. The molecule has 2 aromatic rings. The molecule has 0 bridgehead atoms. The van der Waals surface area contributed by atoms with Gasteiger partial charge < -0.3 is 10.2 Å². The Morgan fingerprint density at radius 1 is 1.05 bits per heavy atom. The van der Waals surface area contributed by atoms with Crippen molar-refractivity contribution < 1.29 is 4.79 Å². The van der Waals surface area contributed by atoms with Gasteiger partial charge in [0.15, 0.2) is 0 Å². The fraction of sp³-hybridized carbons (Fsp3) is 0.235. The lowest BCUT2D eigenvalue weighted by Gasteiger charge is -2.14. The first kappa shape index (κ1) is 15.5. The Hall–Kier alpha value is -1.84. The van der Waals surface area contributed by atoms with Gasteiger partial charge in [-0.1, -0.05) is 35.9 Å². The van der Waals surface area contributed by atoms with Gasteiger partial charge in [-0.2, -0.15) is 0 Å². The van der Waals surface area contributed by atoms with Crippen LogP contribution in [0.15, 0.2) is 48.5 Å². The van der Waals surface area contributed by atoms with Crippen LogP contribution >= 0.6 is 11.6 Å². The molecule has 0 aliphatic rings. The highest BCUT2D eigenvalue weighted by Crippen LogP contribution is 2.12. The lowest BCUT2D eigenvalue weighted by molar-refractivity contribution is 0.0951. The molecule has 110 valence electrons. The molecule has 0 radical (unpaired) electrons. The number of nitrogens with zero attached hydrogens (tertiary/aromatic N) is 1. The van der Waals surface area contributed by atoms with Crippen LogP contribution in [0.2, 0.25) is 5.02 Å². The maximum atomic E-state index is 12.1. The number of hydrogen-bond acceptors (Lipinski definition) is 2. The number of carbonyl (C=O) groups is 1. The van der Waals surface area contributed by atoms with Crippen LogP contribution in [-0.4, -0.2) is 24.9 Å². The predicted molar refractivity (Wildman–Crippen MR) is 86.5 cm³/mol. The van der Waals surface area contributed by atoms with E-state index in [4.69, 9.17) is 11.6 Å². The number of nitrogens with one attached hydrogen (secondary N) is 1. The van der Waals surface area contributed by atoms with Crippen molar-refractivity contribution >= 4 is 17.5 Å². The van der Waals surface area contributed by atoms with Crippen LogP contribution in [0.4, 0.5) is 0 Å². The normalized spacial score (nSPS) is 10.7. The molecule has 0 aliphatic carbocycles. The van der Waals surface area contributed by atoms with Crippen molar-refractivity contribution in [2.24, 2.45) is 0 Å². The minimum Gasteiger partial charge on any atom is -0.348 e. The van der Waals surface area contributed by atoms with Crippen molar-refractivity contribution in [2.45, 2.75) is 13.1 Å². The average molecular weight is 303 g/mol. The molecule has 0 unspecified atom stereocenters. The summed E-state index contributed by atoms with van der Waals surface area (Å²) < 4.78 is 0. The van der Waals surface area contributed by atoms with Gasteiger partial charge in [0.05, 0.1) is 0 Å². The molecule has 1 amide bonds. The van der Waals surface area contributed by atoms with E-state index in [0.29, 0.717) is 17.1 Å². The standard InChI is InChI=1S/C17H19ClN2O/c1-20(2)12-15-6-4-3-5-14(15)11-19-17(21)13-7-9-16(18)10-8-13/h3-10H,11-12H2,1-2H3,(H,19,21). The van der Waals surface area contributed by atoms with Crippen LogP contribution in [0.1, 0.15) is 21.5 Å². The second kappa shape index (κ2) is 7.25. The molecule has 0 saturated heterocycles. The summed E-state index contributed by atoms with van der Waals surface area (Å²) in [6.07, 6.45) is 0. The van der Waals surface area contributed by atoms with E-state index in [2.05, 4.69) is 16.3 Å². The first-order valence-corrected chi connectivity index (χ1v) is 7.19. The number of rotatable bonds is 5. The molecule has 0 spiro atoms. The molecule has 0 atom stereocenters. The average Bonchev–Trinajstić information content (AvgIpc) is 2.46. The molecule has 0 saturated carbocycles. The molecular weight excluding hydrogens is 284 g/mol. The summed E-state index contributed by atoms with van der Waals surface area (Å²) >= 11 is 5.82. The Morgan fingerprint density at radius 2 is 1.67 bits per heavy atom. The van der Waals surface area contributed by atoms with Crippen LogP contribution in [0.25, 0.3) is 0 Å².